The second kappa shape index (κ2) is 33.7. The minimum absolute atomic E-state index is 0.231. The van der Waals surface area contributed by atoms with Crippen LogP contribution < -0.4 is 38.5 Å². The van der Waals surface area contributed by atoms with Crippen molar-refractivity contribution < 1.29 is 23.7 Å². The Bertz CT molecular complexity index is 6150. The topological polar surface area (TPSA) is 109 Å². The highest BCUT2D eigenvalue weighted by Gasteiger charge is 2.64. The average Bonchev–Trinajstić information content (AvgIpc) is 1.56. The van der Waals surface area contributed by atoms with Crippen LogP contribution in [0, 0.1) is 0 Å². The number of para-hydroxylation sites is 2. The Morgan fingerprint density at radius 3 is 1.08 bits per heavy atom. The normalized spacial score (nSPS) is 21.1. The number of anilines is 4. The molecule has 0 N–H and O–H groups in total. The van der Waals surface area contributed by atoms with Crippen LogP contribution in [0.2, 0.25) is 0 Å². The molecule has 0 fully saturated rings. The molecule has 4 unspecified atom stereocenters. The summed E-state index contributed by atoms with van der Waals surface area (Å²) >= 11 is 20.5. The quantitative estimate of drug-likeness (QED) is 0.0633. The van der Waals surface area contributed by atoms with Gasteiger partial charge in [-0.05, 0) is 159 Å². The van der Waals surface area contributed by atoms with Crippen LogP contribution in [-0.2, 0) is 53.0 Å². The van der Waals surface area contributed by atoms with Crippen molar-refractivity contribution in [2.45, 2.75) is 127 Å². The van der Waals surface area contributed by atoms with E-state index < -0.39 is 22.9 Å². The average molecular weight is 2430 g/mol. The molecular formula is C98H92BrI7N8O5. The molecule has 4 atom stereocenters. The minimum atomic E-state index is -0.718. The fraction of sp³-hybridized carbons (Fsp3) is 0.306. The fourth-order valence-electron chi connectivity index (χ4n) is 19.5. The molecule has 0 saturated carbocycles. The molecule has 119 heavy (non-hydrogen) atoms. The lowest BCUT2D eigenvalue weighted by Crippen LogP contribution is -2.63. The Kier molecular flexibility index (Phi) is 24.2. The molecule has 21 heteroatoms. The molecule has 4 spiro atoms. The number of halogens is 8. The van der Waals surface area contributed by atoms with Crippen molar-refractivity contribution in [3.05, 3.63) is 262 Å². The van der Waals surface area contributed by atoms with Gasteiger partial charge < -0.3 is 43.3 Å². The van der Waals surface area contributed by atoms with E-state index in [9.17, 15) is 0 Å². The number of rotatable bonds is 13. The second-order valence-corrected chi connectivity index (χ2v) is 39.8. The van der Waals surface area contributed by atoms with E-state index in [0.29, 0.717) is 13.2 Å². The van der Waals surface area contributed by atoms with Crippen molar-refractivity contribution in [1.82, 2.24) is 0 Å². The monoisotopic (exact) mass is 2430 g/mol. The first kappa shape index (κ1) is 85.5. The standard InChI is InChI=1S/C26H26BrIN2O2.3C24H22I2N2O/c1-25(2)21-9-5-6-10-22(21)30(12-14-31-13-11-27)26(25)17-29-23-20-8-4-3-7-18(20)15-19(16-28)24(23)32-26;1-23(2)20-16(12-25)8-6-10-19(20)28(3)24(23)14-27-21-18-9-5-4-7-15(18)11-17(13-26)22(21)29-24;1-23(2)19-9-8-15(12-25)10-20(19)28(3)24(23)14-27-21-18-7-5-4-6-16(18)11-17(13-26)22(21)29-24;1-23(2)19-9-5-6-10-20(19)28(12-11-25)24(23)15-27-21-18-8-4-3-7-16(18)13-17(14-26)22(21)29-24/h3-10,15,17H,11-14,16H2,1-2H3;2*4-11,14H,12-13H2,1-3H3;3-10,13,15H,11-12,14H2,1-2H3. The lowest BCUT2D eigenvalue weighted by Gasteiger charge is -2.46. The van der Waals surface area contributed by atoms with Gasteiger partial charge in [-0.15, -0.1) is 0 Å². The zero-order chi connectivity index (χ0) is 83.3. The van der Waals surface area contributed by atoms with Crippen molar-refractivity contribution in [1.29, 1.82) is 0 Å². The molecule has 0 saturated heterocycles. The molecule has 0 aromatic heterocycles. The van der Waals surface area contributed by atoms with Gasteiger partial charge in [-0.25, -0.2) is 0 Å². The van der Waals surface area contributed by atoms with Gasteiger partial charge in [-0.2, -0.15) is 0 Å². The van der Waals surface area contributed by atoms with Gasteiger partial charge in [0.25, 0.3) is 0 Å². The molecular weight excluding hydrogens is 2340 g/mol. The van der Waals surface area contributed by atoms with E-state index >= 15 is 0 Å². The SMILES string of the molecule is CC1(C)c2ccccc2N(CCI)C12C=Nc1c(c(CI)cc3ccccc13)O2.CC1(C)c2ccccc2N(CCOCCBr)C12C=Nc1c(c(CI)cc3ccccc13)O2.CN1c2cc(CI)ccc2C(C)(C)C12C=Nc1c(c(CI)cc3ccccc13)O2.CN1c2cccc(CI)c2C(C)(C)C12C=Nc1c(c(CI)cc3ccccc13)O2. The number of fused-ring (bicyclic) bond motifs is 16. The van der Waals surface area contributed by atoms with Gasteiger partial charge in [0, 0.05) is 130 Å². The lowest BCUT2D eigenvalue weighted by molar-refractivity contribution is 0.0676. The first-order chi connectivity index (χ1) is 57.4. The molecule has 8 aliphatic rings. The second-order valence-electron chi connectivity index (χ2n) is 33.4. The Balaban J connectivity index is 0.000000114. The maximum atomic E-state index is 7.08. The summed E-state index contributed by atoms with van der Waals surface area (Å²) in [5.41, 5.74) is 17.8. The van der Waals surface area contributed by atoms with Gasteiger partial charge >= 0.3 is 0 Å². The number of benzene rings is 12. The van der Waals surface area contributed by atoms with Crippen molar-refractivity contribution in [3.63, 3.8) is 0 Å². The van der Waals surface area contributed by atoms with Crippen molar-refractivity contribution in [2.75, 3.05) is 69.8 Å². The van der Waals surface area contributed by atoms with Crippen LogP contribution in [0.15, 0.2) is 226 Å². The van der Waals surface area contributed by atoms with Gasteiger partial charge in [-0.3, -0.25) is 20.0 Å². The van der Waals surface area contributed by atoms with E-state index in [1.807, 2.05) is 18.6 Å². The number of aliphatic imine (C=N–C) groups is 4. The van der Waals surface area contributed by atoms with E-state index in [1.165, 1.54) is 99.9 Å². The van der Waals surface area contributed by atoms with Crippen molar-refractivity contribution in [3.8, 4) is 23.0 Å². The van der Waals surface area contributed by atoms with E-state index in [-0.39, 0.29) is 21.7 Å². The Hall–Kier alpha value is -5.69. The maximum absolute atomic E-state index is 7.08. The summed E-state index contributed by atoms with van der Waals surface area (Å²) in [5, 5.41) is 10.2. The summed E-state index contributed by atoms with van der Waals surface area (Å²) in [6.45, 7) is 21.1. The molecule has 13 nitrogen and oxygen atoms in total. The van der Waals surface area contributed by atoms with Crippen molar-refractivity contribution >= 4 is 288 Å². The van der Waals surface area contributed by atoms with Gasteiger partial charge in [0.1, 0.15) is 22.7 Å². The van der Waals surface area contributed by atoms with Crippen LogP contribution in [0.5, 0.6) is 23.0 Å². The molecule has 12 aromatic carbocycles. The third-order valence-electron chi connectivity index (χ3n) is 25.9. The Morgan fingerprint density at radius 2 is 0.681 bits per heavy atom. The Labute approximate surface area is 802 Å². The van der Waals surface area contributed by atoms with Gasteiger partial charge in [-0.1, -0.05) is 332 Å². The molecule has 0 bridgehead atoms. The number of ether oxygens (including phenoxy) is 5. The maximum Gasteiger partial charge on any atom is 0.229 e. The molecule has 0 aliphatic carbocycles. The molecule has 0 amide bonds. The van der Waals surface area contributed by atoms with Crippen LogP contribution in [-0.4, -0.2) is 97.9 Å². The third kappa shape index (κ3) is 13.7. The highest BCUT2D eigenvalue weighted by Crippen LogP contribution is 2.62. The van der Waals surface area contributed by atoms with E-state index in [0.717, 1.165) is 117 Å². The number of likely N-dealkylation sites (N-methyl/N-ethyl adjacent to an activating group) is 2. The third-order valence-corrected chi connectivity index (χ3v) is 31.7. The van der Waals surface area contributed by atoms with Crippen LogP contribution in [0.1, 0.15) is 111 Å². The zero-order valence-electron chi connectivity index (χ0n) is 68.1. The molecule has 0 radical (unpaired) electrons. The van der Waals surface area contributed by atoms with Crippen LogP contribution >= 0.6 is 174 Å². The van der Waals surface area contributed by atoms with E-state index in [2.05, 4.69) is 476 Å². The number of hydrogen-bond acceptors (Lipinski definition) is 13. The first-order valence-corrected chi connectivity index (χ1v) is 51.9. The number of hydrogen-bond donors (Lipinski definition) is 0. The Morgan fingerprint density at radius 1 is 0.336 bits per heavy atom. The van der Waals surface area contributed by atoms with Gasteiger partial charge in [0.2, 0.25) is 22.9 Å². The predicted molar refractivity (Wildman–Crippen MR) is 561 cm³/mol. The molecule has 8 heterocycles. The van der Waals surface area contributed by atoms with E-state index in [4.69, 9.17) is 43.7 Å². The smallest absolute Gasteiger partial charge is 0.229 e. The molecule has 12 aromatic rings. The summed E-state index contributed by atoms with van der Waals surface area (Å²) < 4.78 is 40.4. The first-order valence-electron chi connectivity index (χ1n) is 40.1. The van der Waals surface area contributed by atoms with Crippen LogP contribution in [0.25, 0.3) is 43.1 Å². The van der Waals surface area contributed by atoms with Crippen LogP contribution in [0.3, 0.4) is 0 Å². The van der Waals surface area contributed by atoms with Gasteiger partial charge in [0.15, 0.2) is 23.0 Å². The largest absolute Gasteiger partial charge is 0.459 e. The number of alkyl halides is 8. The summed E-state index contributed by atoms with van der Waals surface area (Å²) in [6, 6.07) is 73.4. The summed E-state index contributed by atoms with van der Waals surface area (Å²) in [6.07, 6.45) is 8.16. The predicted octanol–water partition coefficient (Wildman–Crippen LogP) is 27.4. The lowest BCUT2D eigenvalue weighted by atomic mass is 9.76. The van der Waals surface area contributed by atoms with E-state index in [1.54, 1.807) is 0 Å². The number of nitrogens with zero attached hydrogens (tertiary/aromatic N) is 8. The molecule has 8 aliphatic heterocycles. The van der Waals surface area contributed by atoms with Crippen LogP contribution in [0.4, 0.5) is 45.5 Å². The van der Waals surface area contributed by atoms with Gasteiger partial charge in [0.05, 0.1) is 59.7 Å². The summed E-state index contributed by atoms with van der Waals surface area (Å²) in [7, 11) is 4.26. The molecule has 20 rings (SSSR count). The molecule has 610 valence electrons. The summed E-state index contributed by atoms with van der Waals surface area (Å²) in [5.74, 6) is 3.67. The van der Waals surface area contributed by atoms with Crippen molar-refractivity contribution in [2.24, 2.45) is 20.0 Å². The zero-order valence-corrected chi connectivity index (χ0v) is 84.8. The highest BCUT2D eigenvalue weighted by atomic mass is 127. The highest BCUT2D eigenvalue weighted by molar-refractivity contribution is 14.1. The minimum Gasteiger partial charge on any atom is -0.459 e. The summed E-state index contributed by atoms with van der Waals surface area (Å²) in [4.78, 5) is 29.6. The fourth-order valence-corrected chi connectivity index (χ4v) is 23.6.